The zero-order chi connectivity index (χ0) is 23.3. The number of nitro groups is 1. The van der Waals surface area contributed by atoms with Crippen LogP contribution in [-0.4, -0.2) is 29.2 Å². The number of benzene rings is 3. The lowest BCUT2D eigenvalue weighted by atomic mass is 10.1. The number of nitro benzene ring substituents is 1. The van der Waals surface area contributed by atoms with Gasteiger partial charge in [-0.05, 0) is 54.6 Å². The van der Waals surface area contributed by atoms with Gasteiger partial charge < -0.3 is 10.1 Å². The smallest absolute Gasteiger partial charge is 0.338 e. The van der Waals surface area contributed by atoms with Crippen LogP contribution in [0.3, 0.4) is 0 Å². The molecule has 8 nitrogen and oxygen atoms in total. The van der Waals surface area contributed by atoms with Gasteiger partial charge in [0.05, 0.1) is 21.1 Å². The van der Waals surface area contributed by atoms with Crippen LogP contribution in [0.4, 0.5) is 11.4 Å². The van der Waals surface area contributed by atoms with E-state index in [0.29, 0.717) is 10.7 Å². The maximum Gasteiger partial charge on any atom is 0.338 e. The molecule has 1 N–H and O–H groups in total. The van der Waals surface area contributed by atoms with Gasteiger partial charge in [-0.2, -0.15) is 0 Å². The van der Waals surface area contributed by atoms with Gasteiger partial charge in [-0.25, -0.2) is 4.79 Å². The van der Waals surface area contributed by atoms with Crippen molar-refractivity contribution in [2.75, 3.05) is 11.9 Å². The lowest BCUT2D eigenvalue weighted by Crippen LogP contribution is -2.15. The van der Waals surface area contributed by atoms with Gasteiger partial charge in [0.1, 0.15) is 0 Å². The summed E-state index contributed by atoms with van der Waals surface area (Å²) in [5, 5.41) is 13.9. The fourth-order valence-corrected chi connectivity index (χ4v) is 3.12. The average molecular weight is 473 g/mol. The Morgan fingerprint density at radius 1 is 0.906 bits per heavy atom. The van der Waals surface area contributed by atoms with Crippen LogP contribution in [0, 0.1) is 10.1 Å². The van der Waals surface area contributed by atoms with E-state index in [9.17, 15) is 24.5 Å². The van der Waals surface area contributed by atoms with Gasteiger partial charge in [0.2, 0.25) is 0 Å². The molecule has 0 atom stereocenters. The summed E-state index contributed by atoms with van der Waals surface area (Å²) in [5.74, 6) is -1.69. The average Bonchev–Trinajstić information content (AvgIpc) is 2.77. The van der Waals surface area contributed by atoms with Crippen molar-refractivity contribution in [3.05, 3.63) is 104 Å². The second-order valence-corrected chi connectivity index (χ2v) is 7.30. The fourth-order valence-electron chi connectivity index (χ4n) is 2.63. The van der Waals surface area contributed by atoms with Crippen LogP contribution in [0.25, 0.3) is 0 Å². The first-order chi connectivity index (χ1) is 15.2. The van der Waals surface area contributed by atoms with Crippen LogP contribution < -0.4 is 5.32 Å². The lowest BCUT2D eigenvalue weighted by molar-refractivity contribution is -0.384. The highest BCUT2D eigenvalue weighted by atomic mass is 35.5. The summed E-state index contributed by atoms with van der Waals surface area (Å²) in [7, 11) is 0. The Balaban J connectivity index is 1.57. The number of amides is 1. The second-order valence-electron chi connectivity index (χ2n) is 6.46. The number of hydrogen-bond acceptors (Lipinski definition) is 6. The number of carbonyl (C=O) groups is 3. The van der Waals surface area contributed by atoms with E-state index in [1.54, 1.807) is 6.07 Å². The number of hydrogen-bond donors (Lipinski definition) is 1. The molecule has 0 saturated heterocycles. The van der Waals surface area contributed by atoms with Gasteiger partial charge in [0, 0.05) is 28.4 Å². The predicted octanol–water partition coefficient (Wildman–Crippen LogP) is 5.19. The summed E-state index contributed by atoms with van der Waals surface area (Å²) in [6.45, 7) is -0.524. The number of esters is 1. The van der Waals surface area contributed by atoms with Gasteiger partial charge in [0.15, 0.2) is 12.4 Å². The molecule has 0 spiro atoms. The van der Waals surface area contributed by atoms with E-state index in [1.165, 1.54) is 60.7 Å². The number of ether oxygens (including phenoxy) is 1. The number of carbonyl (C=O) groups excluding carboxylic acids is 3. The molecular formula is C22H14Cl2N2O6. The molecule has 0 heterocycles. The Bertz CT molecular complexity index is 1190. The monoisotopic (exact) mass is 472 g/mol. The van der Waals surface area contributed by atoms with Crippen LogP contribution >= 0.6 is 23.2 Å². The molecule has 162 valence electrons. The van der Waals surface area contributed by atoms with E-state index in [-0.39, 0.29) is 27.4 Å². The van der Waals surface area contributed by atoms with Gasteiger partial charge in [0.25, 0.3) is 11.6 Å². The molecule has 3 aromatic rings. The molecule has 0 aromatic heterocycles. The maximum atomic E-state index is 12.3. The highest BCUT2D eigenvalue weighted by molar-refractivity contribution is 6.37. The second kappa shape index (κ2) is 10.0. The Labute approximate surface area is 191 Å². The number of anilines is 1. The van der Waals surface area contributed by atoms with E-state index in [2.05, 4.69) is 5.32 Å². The minimum absolute atomic E-state index is 0.149. The van der Waals surface area contributed by atoms with E-state index >= 15 is 0 Å². The first-order valence-electron chi connectivity index (χ1n) is 9.06. The zero-order valence-electron chi connectivity index (χ0n) is 16.2. The van der Waals surface area contributed by atoms with Crippen molar-refractivity contribution in [2.24, 2.45) is 0 Å². The standard InChI is InChI=1S/C22H14Cl2N2O6/c23-15-5-10-18(19(24)11-15)21(28)25-16-6-1-14(2-7-16)22(29)32-12-20(27)13-3-8-17(9-4-13)26(30)31/h1-11H,12H2,(H,25,28). The van der Waals surface area contributed by atoms with E-state index in [4.69, 9.17) is 27.9 Å². The third-order valence-corrected chi connectivity index (χ3v) is 4.84. The summed E-state index contributed by atoms with van der Waals surface area (Å²) in [5.41, 5.74) is 0.860. The SMILES string of the molecule is O=C(COC(=O)c1ccc(NC(=O)c2ccc(Cl)cc2Cl)cc1)c1ccc([N+](=O)[O-])cc1. The molecule has 32 heavy (non-hydrogen) atoms. The molecule has 0 saturated carbocycles. The Hall–Kier alpha value is -3.75. The predicted molar refractivity (Wildman–Crippen MR) is 119 cm³/mol. The third-order valence-electron chi connectivity index (χ3n) is 4.29. The number of Topliss-reactive ketones (excluding diaryl/α,β-unsaturated/α-hetero) is 1. The Kier molecular flexibility index (Phi) is 7.19. The van der Waals surface area contributed by atoms with E-state index in [1.807, 2.05) is 0 Å². The van der Waals surface area contributed by atoms with Crippen molar-refractivity contribution in [1.29, 1.82) is 0 Å². The fraction of sp³-hybridized carbons (Fsp3) is 0.0455. The zero-order valence-corrected chi connectivity index (χ0v) is 17.7. The lowest BCUT2D eigenvalue weighted by Gasteiger charge is -2.08. The molecule has 10 heteroatoms. The molecule has 0 radical (unpaired) electrons. The molecule has 0 aliphatic rings. The van der Waals surface area contributed by atoms with Gasteiger partial charge >= 0.3 is 5.97 Å². The van der Waals surface area contributed by atoms with Crippen molar-refractivity contribution < 1.29 is 24.0 Å². The summed E-state index contributed by atoms with van der Waals surface area (Å²) in [4.78, 5) is 46.7. The molecule has 0 aliphatic heterocycles. The summed E-state index contributed by atoms with van der Waals surface area (Å²) in [6, 6.07) is 15.3. The highest BCUT2D eigenvalue weighted by Crippen LogP contribution is 2.22. The maximum absolute atomic E-state index is 12.3. The topological polar surface area (TPSA) is 116 Å². The summed E-state index contributed by atoms with van der Waals surface area (Å²) < 4.78 is 5.00. The minimum Gasteiger partial charge on any atom is -0.454 e. The number of halogens is 2. The van der Waals surface area contributed by atoms with Crippen LogP contribution in [0.5, 0.6) is 0 Å². The molecule has 0 aliphatic carbocycles. The molecule has 0 bridgehead atoms. The van der Waals surface area contributed by atoms with Crippen LogP contribution in [0.1, 0.15) is 31.1 Å². The first-order valence-corrected chi connectivity index (χ1v) is 9.81. The molecular weight excluding hydrogens is 459 g/mol. The van der Waals surface area contributed by atoms with Crippen molar-refractivity contribution in [3.8, 4) is 0 Å². The van der Waals surface area contributed by atoms with Crippen LogP contribution in [0.15, 0.2) is 66.7 Å². The number of nitrogens with zero attached hydrogens (tertiary/aromatic N) is 1. The number of rotatable bonds is 7. The minimum atomic E-state index is -0.737. The van der Waals surface area contributed by atoms with Crippen molar-refractivity contribution in [2.45, 2.75) is 0 Å². The van der Waals surface area contributed by atoms with Crippen molar-refractivity contribution >= 4 is 52.2 Å². The molecule has 1 amide bonds. The van der Waals surface area contributed by atoms with Crippen molar-refractivity contribution in [1.82, 2.24) is 0 Å². The first kappa shape index (κ1) is 22.9. The largest absolute Gasteiger partial charge is 0.454 e. The molecule has 3 aromatic carbocycles. The normalized spacial score (nSPS) is 10.3. The molecule has 3 rings (SSSR count). The summed E-state index contributed by atoms with van der Waals surface area (Å²) in [6.07, 6.45) is 0. The van der Waals surface area contributed by atoms with E-state index in [0.717, 1.165) is 0 Å². The number of ketones is 1. The third kappa shape index (κ3) is 5.69. The number of non-ortho nitro benzene ring substituents is 1. The Morgan fingerprint density at radius 3 is 2.12 bits per heavy atom. The summed E-state index contributed by atoms with van der Waals surface area (Å²) >= 11 is 11.8. The van der Waals surface area contributed by atoms with Gasteiger partial charge in [-0.3, -0.25) is 19.7 Å². The van der Waals surface area contributed by atoms with Crippen molar-refractivity contribution in [3.63, 3.8) is 0 Å². The highest BCUT2D eigenvalue weighted by Gasteiger charge is 2.15. The quantitative estimate of drug-likeness (QED) is 0.219. The van der Waals surface area contributed by atoms with E-state index < -0.39 is 29.2 Å². The molecule has 0 unspecified atom stereocenters. The van der Waals surface area contributed by atoms with Gasteiger partial charge in [-0.15, -0.1) is 0 Å². The van der Waals surface area contributed by atoms with Crippen LogP contribution in [0.2, 0.25) is 10.0 Å². The molecule has 0 fully saturated rings. The van der Waals surface area contributed by atoms with Crippen LogP contribution in [-0.2, 0) is 4.74 Å². The Morgan fingerprint density at radius 2 is 1.53 bits per heavy atom. The van der Waals surface area contributed by atoms with Gasteiger partial charge in [-0.1, -0.05) is 23.2 Å². The number of nitrogens with one attached hydrogen (secondary N) is 1.